The molecule has 0 aliphatic rings. The van der Waals surface area contributed by atoms with Gasteiger partial charge in [0.1, 0.15) is 5.01 Å². The van der Waals surface area contributed by atoms with E-state index in [0.29, 0.717) is 32.0 Å². The van der Waals surface area contributed by atoms with Crippen LogP contribution in [0.15, 0.2) is 42.5 Å². The van der Waals surface area contributed by atoms with Crippen molar-refractivity contribution in [3.8, 4) is 11.3 Å². The average molecular weight is 429 g/mol. The molecule has 0 bridgehead atoms. The maximum absolute atomic E-state index is 13.1. The summed E-state index contributed by atoms with van der Waals surface area (Å²) in [6, 6.07) is 12.7. The largest absolute Gasteiger partial charge is 0.296 e. The second-order valence-electron chi connectivity index (χ2n) is 6.18. The van der Waals surface area contributed by atoms with Crippen molar-refractivity contribution in [2.75, 3.05) is 5.32 Å². The van der Waals surface area contributed by atoms with E-state index in [0.717, 1.165) is 21.5 Å². The second-order valence-corrected chi connectivity index (χ2v) is 8.21. The Labute approximate surface area is 175 Å². The van der Waals surface area contributed by atoms with Crippen molar-refractivity contribution in [3.63, 3.8) is 0 Å². The van der Waals surface area contributed by atoms with E-state index in [2.05, 4.69) is 15.5 Å². The van der Waals surface area contributed by atoms with Crippen LogP contribution in [0.5, 0.6) is 0 Å². The molecule has 0 aliphatic carbocycles. The van der Waals surface area contributed by atoms with Crippen LogP contribution in [0.4, 0.5) is 5.13 Å². The smallest absolute Gasteiger partial charge is 0.258 e. The van der Waals surface area contributed by atoms with Crippen LogP contribution < -0.4 is 5.32 Å². The summed E-state index contributed by atoms with van der Waals surface area (Å²) in [5.41, 5.74) is 3.31. The van der Waals surface area contributed by atoms with Crippen LogP contribution in [0.25, 0.3) is 22.2 Å². The lowest BCUT2D eigenvalue weighted by Gasteiger charge is -2.15. The molecule has 1 amide bonds. The molecular weight excluding hydrogens is 415 g/mol. The van der Waals surface area contributed by atoms with E-state index in [1.165, 1.54) is 11.3 Å². The number of anilines is 1. The Balaban J connectivity index is 1.91. The van der Waals surface area contributed by atoms with Gasteiger partial charge in [-0.1, -0.05) is 52.7 Å². The number of benzene rings is 2. The van der Waals surface area contributed by atoms with Gasteiger partial charge in [0.15, 0.2) is 0 Å². The van der Waals surface area contributed by atoms with Gasteiger partial charge in [-0.3, -0.25) is 10.1 Å². The van der Waals surface area contributed by atoms with Gasteiger partial charge in [0.25, 0.3) is 5.91 Å². The first-order valence-electron chi connectivity index (χ1n) is 8.40. The van der Waals surface area contributed by atoms with Gasteiger partial charge >= 0.3 is 0 Å². The number of fused-ring (bicyclic) bond motifs is 1. The fourth-order valence-corrected chi connectivity index (χ4v) is 4.14. The lowest BCUT2D eigenvalue weighted by atomic mass is 9.97. The standard InChI is InChI=1S/C20H14Cl2N4OS/c1-10-17(19(27)24-20-26-25-11(2)28-20)14-5-3-4-6-16(14)23-18(10)13-8-7-12(21)9-15(13)22/h3-9H,1-2H3,(H,24,26,27). The third-order valence-corrected chi connectivity index (χ3v) is 5.60. The van der Waals surface area contributed by atoms with Crippen molar-refractivity contribution < 1.29 is 4.79 Å². The normalized spacial score (nSPS) is 11.0. The van der Waals surface area contributed by atoms with Crippen molar-refractivity contribution in [1.29, 1.82) is 0 Å². The first-order chi connectivity index (χ1) is 13.4. The molecule has 0 spiro atoms. The highest BCUT2D eigenvalue weighted by Crippen LogP contribution is 2.35. The average Bonchev–Trinajstić information content (AvgIpc) is 3.06. The minimum atomic E-state index is -0.265. The first kappa shape index (κ1) is 18.8. The van der Waals surface area contributed by atoms with Crippen LogP contribution in [0.2, 0.25) is 10.0 Å². The molecular formula is C20H14Cl2N4OS. The third-order valence-electron chi connectivity index (χ3n) is 4.30. The number of hydrogen-bond donors (Lipinski definition) is 1. The lowest BCUT2D eigenvalue weighted by molar-refractivity contribution is 0.102. The Morgan fingerprint density at radius 2 is 1.86 bits per heavy atom. The van der Waals surface area contributed by atoms with E-state index in [4.69, 9.17) is 28.2 Å². The summed E-state index contributed by atoms with van der Waals surface area (Å²) in [7, 11) is 0. The van der Waals surface area contributed by atoms with Crippen LogP contribution in [0.1, 0.15) is 20.9 Å². The van der Waals surface area contributed by atoms with Crippen molar-refractivity contribution >= 4 is 56.5 Å². The van der Waals surface area contributed by atoms with E-state index < -0.39 is 0 Å². The molecule has 28 heavy (non-hydrogen) atoms. The Bertz CT molecular complexity index is 1220. The molecule has 2 aromatic carbocycles. The number of carbonyl (C=O) groups excluding carboxylic acids is 1. The summed E-state index contributed by atoms with van der Waals surface area (Å²) < 4.78 is 0. The van der Waals surface area contributed by atoms with Crippen LogP contribution >= 0.6 is 34.5 Å². The summed E-state index contributed by atoms with van der Waals surface area (Å²) in [5, 5.41) is 13.8. The first-order valence-corrected chi connectivity index (χ1v) is 9.97. The summed E-state index contributed by atoms with van der Waals surface area (Å²) in [6.07, 6.45) is 0. The molecule has 0 atom stereocenters. The Morgan fingerprint density at radius 1 is 1.07 bits per heavy atom. The number of halogens is 2. The number of nitrogens with zero attached hydrogens (tertiary/aromatic N) is 3. The van der Waals surface area contributed by atoms with Crippen LogP contribution in [-0.4, -0.2) is 21.1 Å². The number of rotatable bonds is 3. The summed E-state index contributed by atoms with van der Waals surface area (Å²) in [5.74, 6) is -0.265. The number of aromatic nitrogens is 3. The van der Waals surface area contributed by atoms with Crippen molar-refractivity contribution in [2.24, 2.45) is 0 Å². The topological polar surface area (TPSA) is 67.8 Å². The Morgan fingerprint density at radius 3 is 2.57 bits per heavy atom. The molecule has 2 aromatic heterocycles. The quantitative estimate of drug-likeness (QED) is 0.438. The van der Waals surface area contributed by atoms with Crippen LogP contribution in [0.3, 0.4) is 0 Å². The molecule has 4 rings (SSSR count). The van der Waals surface area contributed by atoms with E-state index in [1.807, 2.05) is 44.2 Å². The highest BCUT2D eigenvalue weighted by molar-refractivity contribution is 7.15. The molecule has 140 valence electrons. The number of carbonyl (C=O) groups is 1. The molecule has 1 N–H and O–H groups in total. The minimum absolute atomic E-state index is 0.265. The van der Waals surface area contributed by atoms with Gasteiger partial charge < -0.3 is 0 Å². The fourth-order valence-electron chi connectivity index (χ4n) is 3.05. The van der Waals surface area contributed by atoms with Crippen molar-refractivity contribution in [1.82, 2.24) is 15.2 Å². The zero-order valence-electron chi connectivity index (χ0n) is 15.0. The molecule has 8 heteroatoms. The monoisotopic (exact) mass is 428 g/mol. The molecule has 0 saturated heterocycles. The van der Waals surface area contributed by atoms with Gasteiger partial charge in [-0.25, -0.2) is 4.98 Å². The highest BCUT2D eigenvalue weighted by atomic mass is 35.5. The molecule has 0 radical (unpaired) electrons. The predicted molar refractivity (Wildman–Crippen MR) is 115 cm³/mol. The number of aryl methyl sites for hydroxylation is 1. The van der Waals surface area contributed by atoms with Crippen LogP contribution in [0, 0.1) is 13.8 Å². The summed E-state index contributed by atoms with van der Waals surface area (Å²) in [6.45, 7) is 3.70. The maximum atomic E-state index is 13.1. The number of amides is 1. The zero-order valence-corrected chi connectivity index (χ0v) is 17.3. The SMILES string of the molecule is Cc1nnc(NC(=O)c2c(C)c(-c3ccc(Cl)cc3Cl)nc3ccccc23)s1. The lowest BCUT2D eigenvalue weighted by Crippen LogP contribution is -2.15. The van der Waals surface area contributed by atoms with Gasteiger partial charge in [-0.2, -0.15) is 0 Å². The van der Waals surface area contributed by atoms with Gasteiger partial charge in [0.05, 0.1) is 21.8 Å². The molecule has 2 heterocycles. The molecule has 4 aromatic rings. The van der Waals surface area contributed by atoms with Gasteiger partial charge in [0, 0.05) is 16.0 Å². The highest BCUT2D eigenvalue weighted by Gasteiger charge is 2.21. The van der Waals surface area contributed by atoms with Crippen molar-refractivity contribution in [3.05, 3.63) is 68.6 Å². The van der Waals surface area contributed by atoms with E-state index in [-0.39, 0.29) is 5.91 Å². The third kappa shape index (κ3) is 3.46. The minimum Gasteiger partial charge on any atom is -0.296 e. The van der Waals surface area contributed by atoms with Gasteiger partial charge in [-0.15, -0.1) is 10.2 Å². The van der Waals surface area contributed by atoms with Crippen LogP contribution in [-0.2, 0) is 0 Å². The summed E-state index contributed by atoms with van der Waals surface area (Å²) >= 11 is 13.8. The van der Waals surface area contributed by atoms with E-state index in [9.17, 15) is 4.79 Å². The van der Waals surface area contributed by atoms with Gasteiger partial charge in [-0.05, 0) is 43.7 Å². The van der Waals surface area contributed by atoms with Crippen molar-refractivity contribution in [2.45, 2.75) is 13.8 Å². The number of nitrogens with one attached hydrogen (secondary N) is 1. The Kier molecular flexibility index (Phi) is 5.02. The number of para-hydroxylation sites is 1. The van der Waals surface area contributed by atoms with E-state index in [1.54, 1.807) is 12.1 Å². The second kappa shape index (κ2) is 7.47. The predicted octanol–water partition coefficient (Wildman–Crippen LogP) is 5.93. The van der Waals surface area contributed by atoms with Gasteiger partial charge in [0.2, 0.25) is 5.13 Å². The molecule has 0 aliphatic heterocycles. The molecule has 0 saturated carbocycles. The summed E-state index contributed by atoms with van der Waals surface area (Å²) in [4.78, 5) is 17.9. The fraction of sp³-hybridized carbons (Fsp3) is 0.100. The van der Waals surface area contributed by atoms with E-state index >= 15 is 0 Å². The Hall–Kier alpha value is -2.54. The number of pyridine rings is 1. The molecule has 0 fully saturated rings. The molecule has 5 nitrogen and oxygen atoms in total. The number of hydrogen-bond acceptors (Lipinski definition) is 5. The molecule has 0 unspecified atom stereocenters. The zero-order chi connectivity index (χ0) is 19.8. The maximum Gasteiger partial charge on any atom is 0.258 e.